The van der Waals surface area contributed by atoms with Gasteiger partial charge in [0.1, 0.15) is 5.75 Å². The van der Waals surface area contributed by atoms with Gasteiger partial charge < -0.3 is 20.3 Å². The third-order valence-corrected chi connectivity index (χ3v) is 5.34. The lowest BCUT2D eigenvalue weighted by Crippen LogP contribution is -2.34. The SMILES string of the molecule is C[C@H]1Oc2ccc(NC(=O)[C@@H]3CC(=O)N(c4ccc(Br)cc4)C3)cc2NC1=O. The van der Waals surface area contributed by atoms with Crippen LogP contribution in [-0.4, -0.2) is 30.4 Å². The first-order chi connectivity index (χ1) is 13.4. The standard InChI is InChI=1S/C20H18BrN3O4/c1-11-19(26)23-16-9-14(4-7-17(16)28-11)22-20(27)12-8-18(25)24(10-12)15-5-2-13(21)3-6-15/h2-7,9,11-12H,8,10H2,1H3,(H,22,27)(H,23,26)/t11-,12-/m1/s1. The Morgan fingerprint density at radius 3 is 2.71 bits per heavy atom. The summed E-state index contributed by atoms with van der Waals surface area (Å²) in [4.78, 5) is 38.4. The third kappa shape index (κ3) is 3.60. The van der Waals surface area contributed by atoms with Crippen LogP contribution in [0.1, 0.15) is 13.3 Å². The van der Waals surface area contributed by atoms with E-state index in [1.54, 1.807) is 30.0 Å². The average Bonchev–Trinajstić information content (AvgIpc) is 3.05. The summed E-state index contributed by atoms with van der Waals surface area (Å²) < 4.78 is 6.44. The number of nitrogens with zero attached hydrogens (tertiary/aromatic N) is 1. The lowest BCUT2D eigenvalue weighted by atomic mass is 10.1. The van der Waals surface area contributed by atoms with Gasteiger partial charge >= 0.3 is 0 Å². The summed E-state index contributed by atoms with van der Waals surface area (Å²) in [6.07, 6.45) is -0.397. The van der Waals surface area contributed by atoms with Crippen molar-refractivity contribution < 1.29 is 19.1 Å². The smallest absolute Gasteiger partial charge is 0.265 e. The van der Waals surface area contributed by atoms with Crippen molar-refractivity contribution in [2.45, 2.75) is 19.4 Å². The number of anilines is 3. The van der Waals surface area contributed by atoms with Gasteiger partial charge in [-0.15, -0.1) is 0 Å². The Morgan fingerprint density at radius 2 is 1.96 bits per heavy atom. The number of amides is 3. The van der Waals surface area contributed by atoms with Gasteiger partial charge in [0.05, 0.1) is 11.6 Å². The van der Waals surface area contributed by atoms with Gasteiger partial charge in [-0.25, -0.2) is 0 Å². The Morgan fingerprint density at radius 1 is 1.21 bits per heavy atom. The van der Waals surface area contributed by atoms with Gasteiger partial charge in [-0.3, -0.25) is 14.4 Å². The molecule has 144 valence electrons. The Balaban J connectivity index is 1.44. The molecule has 0 unspecified atom stereocenters. The van der Waals surface area contributed by atoms with Crippen molar-refractivity contribution in [2.75, 3.05) is 22.1 Å². The van der Waals surface area contributed by atoms with E-state index in [1.807, 2.05) is 24.3 Å². The van der Waals surface area contributed by atoms with Gasteiger partial charge in [0.25, 0.3) is 5.91 Å². The largest absolute Gasteiger partial charge is 0.479 e. The van der Waals surface area contributed by atoms with Gasteiger partial charge in [-0.2, -0.15) is 0 Å². The first kappa shape index (κ1) is 18.5. The number of benzene rings is 2. The highest BCUT2D eigenvalue weighted by atomic mass is 79.9. The van der Waals surface area contributed by atoms with Crippen molar-refractivity contribution in [3.05, 3.63) is 46.9 Å². The Labute approximate surface area is 170 Å². The number of hydrogen-bond acceptors (Lipinski definition) is 4. The minimum Gasteiger partial charge on any atom is -0.479 e. The molecule has 0 bridgehead atoms. The molecule has 4 rings (SSSR count). The van der Waals surface area contributed by atoms with Crippen LogP contribution < -0.4 is 20.3 Å². The number of rotatable bonds is 3. The topological polar surface area (TPSA) is 87.7 Å². The summed E-state index contributed by atoms with van der Waals surface area (Å²) in [5, 5.41) is 5.58. The van der Waals surface area contributed by atoms with Crippen LogP contribution in [0.2, 0.25) is 0 Å². The summed E-state index contributed by atoms with van der Waals surface area (Å²) >= 11 is 3.37. The number of halogens is 1. The van der Waals surface area contributed by atoms with Gasteiger partial charge in [-0.1, -0.05) is 15.9 Å². The van der Waals surface area contributed by atoms with Gasteiger partial charge in [0.2, 0.25) is 11.8 Å². The van der Waals surface area contributed by atoms with Crippen molar-refractivity contribution >= 4 is 50.7 Å². The molecule has 2 N–H and O–H groups in total. The molecule has 0 radical (unpaired) electrons. The molecule has 28 heavy (non-hydrogen) atoms. The van der Waals surface area contributed by atoms with Crippen LogP contribution in [0.3, 0.4) is 0 Å². The van der Waals surface area contributed by atoms with Crippen molar-refractivity contribution in [3.8, 4) is 5.75 Å². The fourth-order valence-corrected chi connectivity index (χ4v) is 3.55. The van der Waals surface area contributed by atoms with E-state index in [-0.39, 0.29) is 24.1 Å². The molecule has 0 spiro atoms. The molecule has 3 amide bonds. The van der Waals surface area contributed by atoms with E-state index >= 15 is 0 Å². The molecule has 8 heteroatoms. The Hall–Kier alpha value is -2.87. The summed E-state index contributed by atoms with van der Waals surface area (Å²) in [5.74, 6) is -0.435. The number of carbonyl (C=O) groups excluding carboxylic acids is 3. The molecular weight excluding hydrogens is 426 g/mol. The predicted molar refractivity (Wildman–Crippen MR) is 108 cm³/mol. The zero-order valence-corrected chi connectivity index (χ0v) is 16.7. The molecule has 1 saturated heterocycles. The summed E-state index contributed by atoms with van der Waals surface area (Å²) in [5.41, 5.74) is 1.82. The van der Waals surface area contributed by atoms with Crippen molar-refractivity contribution in [2.24, 2.45) is 5.92 Å². The van der Waals surface area contributed by atoms with E-state index in [0.717, 1.165) is 10.2 Å². The normalized spacial score (nSPS) is 21.0. The quantitative estimate of drug-likeness (QED) is 0.762. The highest BCUT2D eigenvalue weighted by Crippen LogP contribution is 2.33. The monoisotopic (exact) mass is 443 g/mol. The number of carbonyl (C=O) groups is 3. The van der Waals surface area contributed by atoms with Crippen molar-refractivity contribution in [1.29, 1.82) is 0 Å². The van der Waals surface area contributed by atoms with E-state index in [2.05, 4.69) is 26.6 Å². The fraction of sp³-hybridized carbons (Fsp3) is 0.250. The number of ether oxygens (including phenoxy) is 1. The summed E-state index contributed by atoms with van der Waals surface area (Å²) in [6.45, 7) is 2.00. The zero-order valence-electron chi connectivity index (χ0n) is 15.1. The molecule has 2 aliphatic rings. The second-order valence-corrected chi connectivity index (χ2v) is 7.75. The predicted octanol–water partition coefficient (Wildman–Crippen LogP) is 3.16. The van der Waals surface area contributed by atoms with E-state index in [4.69, 9.17) is 4.74 Å². The number of nitrogens with one attached hydrogen (secondary N) is 2. The van der Waals surface area contributed by atoms with Crippen LogP contribution >= 0.6 is 15.9 Å². The number of fused-ring (bicyclic) bond motifs is 1. The molecule has 2 aromatic carbocycles. The van der Waals surface area contributed by atoms with Crippen LogP contribution in [0.4, 0.5) is 17.1 Å². The maximum atomic E-state index is 12.7. The molecule has 0 saturated carbocycles. The highest BCUT2D eigenvalue weighted by molar-refractivity contribution is 9.10. The minimum atomic E-state index is -0.554. The van der Waals surface area contributed by atoms with Crippen LogP contribution in [0.25, 0.3) is 0 Å². The first-order valence-electron chi connectivity index (χ1n) is 8.89. The van der Waals surface area contributed by atoms with E-state index in [9.17, 15) is 14.4 Å². The van der Waals surface area contributed by atoms with Gasteiger partial charge in [0, 0.05) is 28.8 Å². The molecule has 7 nitrogen and oxygen atoms in total. The van der Waals surface area contributed by atoms with Crippen LogP contribution in [0.5, 0.6) is 5.75 Å². The Kier molecular flexibility index (Phi) is 4.80. The molecule has 2 atom stereocenters. The van der Waals surface area contributed by atoms with E-state index in [1.165, 1.54) is 0 Å². The zero-order chi connectivity index (χ0) is 19.8. The highest BCUT2D eigenvalue weighted by Gasteiger charge is 2.35. The second kappa shape index (κ2) is 7.27. The molecule has 1 fully saturated rings. The third-order valence-electron chi connectivity index (χ3n) is 4.81. The molecule has 2 aromatic rings. The maximum absolute atomic E-state index is 12.7. The number of hydrogen-bond donors (Lipinski definition) is 2. The lowest BCUT2D eigenvalue weighted by molar-refractivity contribution is -0.122. The van der Waals surface area contributed by atoms with E-state index in [0.29, 0.717) is 23.7 Å². The Bertz CT molecular complexity index is 960. The van der Waals surface area contributed by atoms with Gasteiger partial charge in [-0.05, 0) is 49.4 Å². The second-order valence-electron chi connectivity index (χ2n) is 6.83. The first-order valence-corrected chi connectivity index (χ1v) is 9.68. The molecular formula is C20H18BrN3O4. The lowest BCUT2D eigenvalue weighted by Gasteiger charge is -2.24. The van der Waals surface area contributed by atoms with Crippen molar-refractivity contribution in [3.63, 3.8) is 0 Å². The summed E-state index contributed by atoms with van der Waals surface area (Å²) in [6, 6.07) is 12.5. The fourth-order valence-electron chi connectivity index (χ4n) is 3.28. The average molecular weight is 444 g/mol. The van der Waals surface area contributed by atoms with E-state index < -0.39 is 12.0 Å². The van der Waals surface area contributed by atoms with Crippen LogP contribution in [0, 0.1) is 5.92 Å². The molecule has 0 aromatic heterocycles. The van der Waals surface area contributed by atoms with Crippen molar-refractivity contribution in [1.82, 2.24) is 0 Å². The molecule has 0 aliphatic carbocycles. The van der Waals surface area contributed by atoms with Gasteiger partial charge in [0.15, 0.2) is 6.10 Å². The van der Waals surface area contributed by atoms with Crippen LogP contribution in [0.15, 0.2) is 46.9 Å². The maximum Gasteiger partial charge on any atom is 0.265 e. The summed E-state index contributed by atoms with van der Waals surface area (Å²) in [7, 11) is 0. The molecule has 2 aliphatic heterocycles. The van der Waals surface area contributed by atoms with Crippen LogP contribution in [-0.2, 0) is 14.4 Å². The molecule has 2 heterocycles. The minimum absolute atomic E-state index is 0.0810.